The lowest BCUT2D eigenvalue weighted by atomic mass is 10.1. The van der Waals surface area contributed by atoms with Gasteiger partial charge in [-0.15, -0.1) is 0 Å². The molecule has 0 spiro atoms. The standard InChI is InChI=1S/C8H3F3NO3/c1-3-5(9)4(2-13)8(12(14)15)7(11)6(3)10/h1H3. The van der Waals surface area contributed by atoms with Gasteiger partial charge in [-0.05, 0) is 6.92 Å². The summed E-state index contributed by atoms with van der Waals surface area (Å²) in [5.74, 6) is -5.02. The Morgan fingerprint density at radius 2 is 1.73 bits per heavy atom. The summed E-state index contributed by atoms with van der Waals surface area (Å²) in [5.41, 5.74) is -3.54. The van der Waals surface area contributed by atoms with Crippen LogP contribution in [0.15, 0.2) is 0 Å². The molecule has 0 fully saturated rings. The minimum atomic E-state index is -1.86. The van der Waals surface area contributed by atoms with E-state index in [0.717, 1.165) is 13.2 Å². The summed E-state index contributed by atoms with van der Waals surface area (Å²) in [7, 11) is 0. The Kier molecular flexibility index (Phi) is 2.74. The predicted octanol–water partition coefficient (Wildman–Crippen LogP) is 1.78. The molecule has 15 heavy (non-hydrogen) atoms. The number of rotatable bonds is 2. The Labute approximate surface area is 81.5 Å². The summed E-state index contributed by atoms with van der Waals surface area (Å²) >= 11 is 0. The first-order valence-corrected chi connectivity index (χ1v) is 3.61. The van der Waals surface area contributed by atoms with Gasteiger partial charge in [0.15, 0.2) is 5.82 Å². The maximum absolute atomic E-state index is 13.1. The summed E-state index contributed by atoms with van der Waals surface area (Å²) in [6.45, 7) is 0.859. The van der Waals surface area contributed by atoms with Crippen LogP contribution < -0.4 is 0 Å². The summed E-state index contributed by atoms with van der Waals surface area (Å²) in [6.07, 6.45) is 0.881. The molecule has 1 radical (unpaired) electrons. The zero-order valence-corrected chi connectivity index (χ0v) is 7.31. The fraction of sp³-hybridized carbons (Fsp3) is 0.125. The van der Waals surface area contributed by atoms with Crippen LogP contribution >= 0.6 is 0 Å². The van der Waals surface area contributed by atoms with Crippen LogP contribution in [-0.4, -0.2) is 11.2 Å². The third-order valence-electron chi connectivity index (χ3n) is 1.80. The molecule has 1 rings (SSSR count). The van der Waals surface area contributed by atoms with Crippen molar-refractivity contribution in [3.05, 3.63) is 38.7 Å². The average molecular weight is 218 g/mol. The van der Waals surface area contributed by atoms with Gasteiger partial charge in [-0.3, -0.25) is 14.9 Å². The lowest BCUT2D eigenvalue weighted by Gasteiger charge is -2.03. The van der Waals surface area contributed by atoms with Gasteiger partial charge in [-0.25, -0.2) is 8.78 Å². The summed E-state index contributed by atoms with van der Waals surface area (Å²) in [6, 6.07) is 0. The second-order valence-electron chi connectivity index (χ2n) is 2.65. The molecular weight excluding hydrogens is 215 g/mol. The Morgan fingerprint density at radius 3 is 2.13 bits per heavy atom. The van der Waals surface area contributed by atoms with Crippen molar-refractivity contribution in [2.24, 2.45) is 0 Å². The van der Waals surface area contributed by atoms with Crippen molar-refractivity contribution in [1.82, 2.24) is 0 Å². The number of benzene rings is 1. The Hall–Kier alpha value is -1.92. The largest absolute Gasteiger partial charge is 0.322 e. The normalized spacial score (nSPS) is 10.1. The van der Waals surface area contributed by atoms with E-state index >= 15 is 0 Å². The Morgan fingerprint density at radius 1 is 1.20 bits per heavy atom. The van der Waals surface area contributed by atoms with Gasteiger partial charge < -0.3 is 0 Å². The highest BCUT2D eigenvalue weighted by atomic mass is 19.2. The highest BCUT2D eigenvalue weighted by molar-refractivity contribution is 5.82. The van der Waals surface area contributed by atoms with Crippen molar-refractivity contribution in [2.45, 2.75) is 6.92 Å². The van der Waals surface area contributed by atoms with Crippen LogP contribution in [0.25, 0.3) is 0 Å². The summed E-state index contributed by atoms with van der Waals surface area (Å²) in [5, 5.41) is 10.3. The number of halogens is 3. The number of nitro benzene ring substituents is 1. The van der Waals surface area contributed by atoms with Crippen LogP contribution in [0.4, 0.5) is 18.9 Å². The minimum Gasteiger partial charge on any atom is -0.284 e. The molecule has 0 heterocycles. The zero-order valence-electron chi connectivity index (χ0n) is 7.31. The predicted molar refractivity (Wildman–Crippen MR) is 42.5 cm³/mol. The van der Waals surface area contributed by atoms with E-state index in [2.05, 4.69) is 0 Å². The summed E-state index contributed by atoms with van der Waals surface area (Å²) < 4.78 is 38.9. The molecule has 0 bridgehead atoms. The van der Waals surface area contributed by atoms with Gasteiger partial charge >= 0.3 is 5.69 Å². The molecule has 0 N–H and O–H groups in total. The molecule has 0 aromatic heterocycles. The molecule has 0 aliphatic carbocycles. The van der Waals surface area contributed by atoms with E-state index in [4.69, 9.17) is 0 Å². The number of nitro groups is 1. The van der Waals surface area contributed by atoms with Gasteiger partial charge in [-0.2, -0.15) is 4.39 Å². The van der Waals surface area contributed by atoms with Crippen molar-refractivity contribution in [3.8, 4) is 0 Å². The van der Waals surface area contributed by atoms with E-state index in [-0.39, 0.29) is 0 Å². The van der Waals surface area contributed by atoms with Gasteiger partial charge in [0.25, 0.3) is 0 Å². The molecule has 0 aliphatic heterocycles. The number of nitrogens with zero attached hydrogens (tertiary/aromatic N) is 1. The molecule has 7 heteroatoms. The fourth-order valence-electron chi connectivity index (χ4n) is 1.03. The van der Waals surface area contributed by atoms with Crippen molar-refractivity contribution < 1.29 is 22.9 Å². The lowest BCUT2D eigenvalue weighted by molar-refractivity contribution is -0.388. The van der Waals surface area contributed by atoms with E-state index in [1.165, 1.54) is 0 Å². The molecule has 1 aromatic rings. The van der Waals surface area contributed by atoms with Gasteiger partial charge in [-0.1, -0.05) is 0 Å². The van der Waals surface area contributed by atoms with Crippen LogP contribution in [0.3, 0.4) is 0 Å². The van der Waals surface area contributed by atoms with E-state index in [1.54, 1.807) is 0 Å². The third kappa shape index (κ3) is 1.56. The van der Waals surface area contributed by atoms with Crippen LogP contribution in [0.1, 0.15) is 11.1 Å². The first-order valence-electron chi connectivity index (χ1n) is 3.61. The molecule has 79 valence electrons. The van der Waals surface area contributed by atoms with Crippen LogP contribution in [-0.2, 0) is 4.79 Å². The molecule has 0 amide bonds. The highest BCUT2D eigenvalue weighted by Gasteiger charge is 2.30. The van der Waals surface area contributed by atoms with Crippen LogP contribution in [0.5, 0.6) is 0 Å². The quantitative estimate of drug-likeness (QED) is 0.431. The van der Waals surface area contributed by atoms with Crippen LogP contribution in [0, 0.1) is 34.5 Å². The molecule has 0 saturated heterocycles. The SMILES string of the molecule is Cc1c(F)c(F)c([N+](=O)[O-])c([C]=O)c1F. The monoisotopic (exact) mass is 218 g/mol. The Bertz CT molecular complexity index is 459. The first-order chi connectivity index (χ1) is 6.91. The maximum atomic E-state index is 13.1. The number of hydrogen-bond acceptors (Lipinski definition) is 3. The minimum absolute atomic E-state index is 0.795. The molecule has 4 nitrogen and oxygen atoms in total. The van der Waals surface area contributed by atoms with Gasteiger partial charge in [0.05, 0.1) is 4.92 Å². The maximum Gasteiger partial charge on any atom is 0.322 e. The second kappa shape index (κ2) is 3.68. The Balaban J connectivity index is 3.78. The van der Waals surface area contributed by atoms with Crippen molar-refractivity contribution in [1.29, 1.82) is 0 Å². The van der Waals surface area contributed by atoms with Gasteiger partial charge in [0, 0.05) is 5.56 Å². The second-order valence-corrected chi connectivity index (χ2v) is 2.65. The molecule has 0 aliphatic rings. The van der Waals surface area contributed by atoms with Crippen molar-refractivity contribution in [3.63, 3.8) is 0 Å². The topological polar surface area (TPSA) is 60.2 Å². The molecule has 0 saturated carbocycles. The van der Waals surface area contributed by atoms with E-state index in [9.17, 15) is 28.1 Å². The first kappa shape index (κ1) is 11.2. The summed E-state index contributed by atoms with van der Waals surface area (Å²) in [4.78, 5) is 19.1. The van der Waals surface area contributed by atoms with E-state index in [0.29, 0.717) is 0 Å². The van der Waals surface area contributed by atoms with E-state index in [1.807, 2.05) is 0 Å². The van der Waals surface area contributed by atoms with E-state index < -0.39 is 39.2 Å². The lowest BCUT2D eigenvalue weighted by Crippen LogP contribution is -2.07. The van der Waals surface area contributed by atoms with Crippen LogP contribution in [0.2, 0.25) is 0 Å². The third-order valence-corrected chi connectivity index (χ3v) is 1.80. The smallest absolute Gasteiger partial charge is 0.284 e. The van der Waals surface area contributed by atoms with Crippen molar-refractivity contribution in [2.75, 3.05) is 0 Å². The molecule has 0 unspecified atom stereocenters. The number of carbonyl (C=O) groups excluding carboxylic acids is 1. The number of hydrogen-bond donors (Lipinski definition) is 0. The zero-order chi connectivity index (χ0) is 11.7. The highest BCUT2D eigenvalue weighted by Crippen LogP contribution is 2.29. The molecule has 1 aromatic carbocycles. The van der Waals surface area contributed by atoms with Crippen molar-refractivity contribution >= 4 is 12.0 Å². The van der Waals surface area contributed by atoms with Gasteiger partial charge in [0.1, 0.15) is 11.4 Å². The molecule has 0 atom stereocenters. The fourth-order valence-corrected chi connectivity index (χ4v) is 1.03. The molecular formula is C8H3F3NO3. The average Bonchev–Trinajstić information content (AvgIpc) is 2.19. The van der Waals surface area contributed by atoms with Gasteiger partial charge in [0.2, 0.25) is 12.1 Å².